The van der Waals surface area contributed by atoms with Crippen LogP contribution >= 0.6 is 0 Å². The summed E-state index contributed by atoms with van der Waals surface area (Å²) in [5, 5.41) is 0. The Balaban J connectivity index is 0. The second-order valence-electron chi connectivity index (χ2n) is 5.16. The van der Waals surface area contributed by atoms with Crippen molar-refractivity contribution in [2.45, 2.75) is 66.2 Å². The van der Waals surface area contributed by atoms with Gasteiger partial charge in [0, 0.05) is 0 Å². The molecule has 0 bridgehead atoms. The summed E-state index contributed by atoms with van der Waals surface area (Å²) in [7, 11) is -4.94. The van der Waals surface area contributed by atoms with E-state index in [4.69, 9.17) is 18.6 Å². The molecule has 0 atom stereocenters. The van der Waals surface area contributed by atoms with Crippen molar-refractivity contribution in [2.75, 3.05) is 26.2 Å². The molecule has 0 aromatic heterocycles. The summed E-state index contributed by atoms with van der Waals surface area (Å²) in [6.45, 7) is 14.6. The first-order valence-electron chi connectivity index (χ1n) is 7.71. The van der Waals surface area contributed by atoms with Crippen LogP contribution in [0.25, 0.3) is 0 Å². The second-order valence-corrected chi connectivity index (χ2v) is 5.92. The van der Waals surface area contributed by atoms with Gasteiger partial charge in [0.15, 0.2) is 0 Å². The summed E-state index contributed by atoms with van der Waals surface area (Å²) < 4.78 is 35.3. The molecular formula is C14H32ClNO4. The molecule has 0 saturated heterocycles. The first-order valence-corrected chi connectivity index (χ1v) is 8.94. The Morgan fingerprint density at radius 1 is 0.650 bits per heavy atom. The van der Waals surface area contributed by atoms with E-state index in [9.17, 15) is 0 Å². The molecule has 0 heterocycles. The molecule has 0 radical (unpaired) electrons. The number of nitrogens with zero attached hydrogens (tertiary/aromatic N) is 1. The van der Waals surface area contributed by atoms with Gasteiger partial charge in [0.1, 0.15) is 0 Å². The van der Waals surface area contributed by atoms with Gasteiger partial charge < -0.3 is 4.48 Å². The van der Waals surface area contributed by atoms with Gasteiger partial charge in [0.2, 0.25) is 0 Å². The van der Waals surface area contributed by atoms with Crippen molar-refractivity contribution < 1.29 is 33.4 Å². The molecule has 0 aliphatic heterocycles. The van der Waals surface area contributed by atoms with E-state index in [-0.39, 0.29) is 0 Å². The minimum absolute atomic E-state index is 1.31. The van der Waals surface area contributed by atoms with Crippen LogP contribution in [-0.4, -0.2) is 30.7 Å². The third kappa shape index (κ3) is 16.1. The summed E-state index contributed by atoms with van der Waals surface area (Å²) in [6, 6.07) is 0. The zero-order valence-electron chi connectivity index (χ0n) is 13.5. The van der Waals surface area contributed by atoms with Crippen LogP contribution in [0, 0.1) is 10.2 Å². The normalized spacial score (nSPS) is 12.0. The molecule has 0 saturated carbocycles. The molecule has 0 amide bonds. The van der Waals surface area contributed by atoms with E-state index in [0.717, 1.165) is 0 Å². The van der Waals surface area contributed by atoms with Gasteiger partial charge in [0.05, 0.1) is 26.2 Å². The molecule has 0 N–H and O–H groups in total. The third-order valence-corrected chi connectivity index (χ3v) is 4.00. The van der Waals surface area contributed by atoms with E-state index in [1.807, 2.05) is 0 Å². The Morgan fingerprint density at radius 3 is 1.35 bits per heavy atom. The highest BCUT2D eigenvalue weighted by Crippen LogP contribution is 2.11. The van der Waals surface area contributed by atoms with Crippen LogP contribution in [0.15, 0.2) is 0 Å². The lowest BCUT2D eigenvalue weighted by Crippen LogP contribution is -2.68. The molecule has 6 heteroatoms. The van der Waals surface area contributed by atoms with Crippen molar-refractivity contribution in [2.24, 2.45) is 0 Å². The minimum Gasteiger partial charge on any atom is -0.324 e. The van der Waals surface area contributed by atoms with E-state index in [1.165, 1.54) is 69.2 Å². The first kappa shape index (κ1) is 22.4. The molecular weight excluding hydrogens is 282 g/mol. The van der Waals surface area contributed by atoms with E-state index in [1.54, 1.807) is 0 Å². The molecule has 0 rings (SSSR count). The summed E-state index contributed by atoms with van der Waals surface area (Å²) in [4.78, 5) is 0. The molecule has 0 aromatic rings. The van der Waals surface area contributed by atoms with Crippen molar-refractivity contribution in [1.29, 1.82) is 0 Å². The Labute approximate surface area is 126 Å². The van der Waals surface area contributed by atoms with Gasteiger partial charge in [-0.2, -0.15) is 0 Å². The Morgan fingerprint density at radius 2 is 1.00 bits per heavy atom. The number of halogens is 1. The van der Waals surface area contributed by atoms with Gasteiger partial charge in [0.25, 0.3) is 0 Å². The van der Waals surface area contributed by atoms with E-state index < -0.39 is 10.2 Å². The fourth-order valence-electron chi connectivity index (χ4n) is 2.37. The van der Waals surface area contributed by atoms with Crippen molar-refractivity contribution in [3.8, 4) is 0 Å². The van der Waals surface area contributed by atoms with Crippen molar-refractivity contribution in [3.63, 3.8) is 0 Å². The minimum atomic E-state index is -4.94. The van der Waals surface area contributed by atoms with E-state index in [0.29, 0.717) is 0 Å². The molecule has 0 fully saturated rings. The van der Waals surface area contributed by atoms with Crippen LogP contribution in [0.1, 0.15) is 66.2 Å². The number of rotatable bonds is 10. The fraction of sp³-hybridized carbons (Fsp3) is 1.00. The van der Waals surface area contributed by atoms with Crippen molar-refractivity contribution in [3.05, 3.63) is 0 Å². The zero-order chi connectivity index (χ0) is 16.1. The Hall–Kier alpha value is 0.0900. The smallest absolute Gasteiger partial charge is 0.0786 e. The lowest BCUT2D eigenvalue weighted by Gasteiger charge is -2.35. The SMILES string of the molecule is CCCCCCCC[N+](CC)(CC)CC.[O-][Cl+3]([O-])([O-])[O-]. The van der Waals surface area contributed by atoms with E-state index in [2.05, 4.69) is 27.7 Å². The summed E-state index contributed by atoms with van der Waals surface area (Å²) in [5.74, 6) is 0. The highest BCUT2D eigenvalue weighted by Gasteiger charge is 2.19. The topological polar surface area (TPSA) is 92.2 Å². The molecule has 20 heavy (non-hydrogen) atoms. The lowest BCUT2D eigenvalue weighted by atomic mass is 10.1. The van der Waals surface area contributed by atoms with Gasteiger partial charge in [-0.05, 0) is 33.6 Å². The average Bonchev–Trinajstić information content (AvgIpc) is 2.37. The van der Waals surface area contributed by atoms with Crippen LogP contribution in [0.5, 0.6) is 0 Å². The predicted molar refractivity (Wildman–Crippen MR) is 70.1 cm³/mol. The first-order chi connectivity index (χ1) is 9.24. The maximum atomic E-state index is 8.49. The van der Waals surface area contributed by atoms with Gasteiger partial charge >= 0.3 is 0 Å². The maximum absolute atomic E-state index is 8.49. The quantitative estimate of drug-likeness (QED) is 0.400. The van der Waals surface area contributed by atoms with Crippen molar-refractivity contribution >= 4 is 0 Å². The highest BCUT2D eigenvalue weighted by atomic mass is 35.7. The van der Waals surface area contributed by atoms with Crippen LogP contribution in [0.4, 0.5) is 0 Å². The van der Waals surface area contributed by atoms with Gasteiger partial charge in [-0.1, -0.05) is 32.6 Å². The number of hydrogen-bond donors (Lipinski definition) is 0. The van der Waals surface area contributed by atoms with Crippen LogP contribution < -0.4 is 18.6 Å². The number of quaternary nitrogens is 1. The predicted octanol–water partition coefficient (Wildman–Crippen LogP) is -0.533. The Bertz CT molecular complexity index is 192. The number of hydrogen-bond acceptors (Lipinski definition) is 4. The zero-order valence-corrected chi connectivity index (χ0v) is 14.3. The molecule has 0 unspecified atom stereocenters. The van der Waals surface area contributed by atoms with Crippen LogP contribution in [0.3, 0.4) is 0 Å². The van der Waals surface area contributed by atoms with Crippen LogP contribution in [0.2, 0.25) is 0 Å². The lowest BCUT2D eigenvalue weighted by molar-refractivity contribution is -2.00. The maximum Gasteiger partial charge on any atom is 0.0786 e. The van der Waals surface area contributed by atoms with Gasteiger partial charge in [-0.3, -0.25) is 0 Å². The molecule has 0 spiro atoms. The van der Waals surface area contributed by atoms with Gasteiger partial charge in [-0.25, -0.2) is 18.6 Å². The molecule has 5 nitrogen and oxygen atoms in total. The summed E-state index contributed by atoms with van der Waals surface area (Å²) >= 11 is 0. The second kappa shape index (κ2) is 12.8. The van der Waals surface area contributed by atoms with E-state index >= 15 is 0 Å². The number of unbranched alkanes of at least 4 members (excludes halogenated alkanes) is 5. The summed E-state index contributed by atoms with van der Waals surface area (Å²) in [5.41, 5.74) is 0. The summed E-state index contributed by atoms with van der Waals surface area (Å²) in [6.07, 6.45) is 8.55. The molecule has 0 aromatic carbocycles. The van der Waals surface area contributed by atoms with Crippen molar-refractivity contribution in [1.82, 2.24) is 0 Å². The third-order valence-electron chi connectivity index (χ3n) is 4.00. The Kier molecular flexibility index (Phi) is 14.3. The average molecular weight is 314 g/mol. The van der Waals surface area contributed by atoms with Gasteiger partial charge in [-0.15, -0.1) is 10.2 Å². The monoisotopic (exact) mass is 313 g/mol. The largest absolute Gasteiger partial charge is 0.324 e. The molecule has 0 aliphatic rings. The fourth-order valence-corrected chi connectivity index (χ4v) is 2.37. The highest BCUT2D eigenvalue weighted by molar-refractivity contribution is 4.45. The standard InChI is InChI=1S/C14H32N.ClHO4/c1-5-9-10-11-12-13-14-15(6-2,7-3)8-4;2-1(3,4)5/h5-14H2,1-4H3;(H,2,3,4,5)/q+1;/p-1. The molecule has 124 valence electrons. The van der Waals surface area contributed by atoms with Crippen LogP contribution in [-0.2, 0) is 0 Å². The molecule has 0 aliphatic carbocycles.